The van der Waals surface area contributed by atoms with Crippen molar-refractivity contribution in [2.45, 2.75) is 37.8 Å². The van der Waals surface area contributed by atoms with Crippen molar-refractivity contribution in [1.82, 2.24) is 19.7 Å². The molecular weight excluding hydrogens is 440 g/mol. The molecule has 2 aromatic heterocycles. The summed E-state index contributed by atoms with van der Waals surface area (Å²) >= 11 is 0. The fourth-order valence-electron chi connectivity index (χ4n) is 5.08. The number of nitrogens with zero attached hydrogens (tertiary/aromatic N) is 4. The number of hydrogen-bond acceptors (Lipinski definition) is 4. The molecule has 1 saturated heterocycles. The Morgan fingerprint density at radius 2 is 1.85 bits per heavy atom. The number of pyridine rings is 1. The number of methoxy groups -OCH3 is 1. The first kappa shape index (κ1) is 21.4. The van der Waals surface area contributed by atoms with Gasteiger partial charge in [0, 0.05) is 24.2 Å². The van der Waals surface area contributed by atoms with Gasteiger partial charge in [0.1, 0.15) is 11.4 Å². The minimum atomic E-state index is -1.53. The molecule has 0 aliphatic carbocycles. The van der Waals surface area contributed by atoms with Crippen LogP contribution in [0.2, 0.25) is 0 Å². The number of rotatable bonds is 3. The molecule has 1 amide bonds. The number of piperidine rings is 1. The first-order chi connectivity index (χ1) is 15.8. The average molecular weight is 460 g/mol. The van der Waals surface area contributed by atoms with Crippen LogP contribution in [0.4, 0.5) is 17.6 Å². The van der Waals surface area contributed by atoms with Gasteiger partial charge in [-0.3, -0.25) is 9.48 Å². The monoisotopic (exact) mass is 460 g/mol. The Kier molecular flexibility index (Phi) is 5.10. The molecule has 1 fully saturated rings. The quantitative estimate of drug-likeness (QED) is 0.431. The van der Waals surface area contributed by atoms with E-state index in [1.807, 2.05) is 0 Å². The van der Waals surface area contributed by atoms with E-state index in [9.17, 15) is 22.4 Å². The zero-order valence-corrected chi connectivity index (χ0v) is 17.9. The molecule has 0 spiro atoms. The van der Waals surface area contributed by atoms with Crippen LogP contribution < -0.4 is 4.74 Å². The lowest BCUT2D eigenvalue weighted by molar-refractivity contribution is 0.0387. The van der Waals surface area contributed by atoms with Gasteiger partial charge in [-0.05, 0) is 43.9 Å². The number of hydrogen-bond donors (Lipinski definition) is 0. The molecule has 33 heavy (non-hydrogen) atoms. The zero-order valence-electron chi connectivity index (χ0n) is 17.9. The molecular formula is C23H20F4N4O2. The third kappa shape index (κ3) is 3.35. The third-order valence-corrected chi connectivity index (χ3v) is 6.41. The van der Waals surface area contributed by atoms with Crippen molar-refractivity contribution < 1.29 is 27.1 Å². The summed E-state index contributed by atoms with van der Waals surface area (Å²) in [7, 11) is 3.00. The van der Waals surface area contributed by atoms with Crippen molar-refractivity contribution >= 4 is 5.91 Å². The van der Waals surface area contributed by atoms with Crippen LogP contribution in [0, 0.1) is 23.3 Å². The Morgan fingerprint density at radius 1 is 1.12 bits per heavy atom. The van der Waals surface area contributed by atoms with Gasteiger partial charge in [0.2, 0.25) is 5.88 Å². The lowest BCUT2D eigenvalue weighted by Gasteiger charge is -2.45. The minimum absolute atomic E-state index is 0.0247. The van der Waals surface area contributed by atoms with Crippen molar-refractivity contribution in [3.63, 3.8) is 0 Å². The summed E-state index contributed by atoms with van der Waals surface area (Å²) in [5, 5.41) is 4.58. The first-order valence-corrected chi connectivity index (χ1v) is 10.5. The SMILES string of the molecule is COc1ncc(F)cc1C(=O)N1[C@@H]2CCC[C@H]1c1nn(C)c(-c3cc(F)c(F)c(F)c3)c1C2. The van der Waals surface area contributed by atoms with Gasteiger partial charge in [-0.1, -0.05) is 0 Å². The van der Waals surface area contributed by atoms with Crippen LogP contribution in [0.15, 0.2) is 24.4 Å². The highest BCUT2D eigenvalue weighted by molar-refractivity contribution is 5.97. The van der Waals surface area contributed by atoms with E-state index in [1.54, 1.807) is 11.9 Å². The second-order valence-corrected chi connectivity index (χ2v) is 8.32. The summed E-state index contributed by atoms with van der Waals surface area (Å²) in [5.41, 5.74) is 2.07. The Morgan fingerprint density at radius 3 is 2.55 bits per heavy atom. The Labute approximate surface area is 186 Å². The maximum Gasteiger partial charge on any atom is 0.260 e. The smallest absolute Gasteiger partial charge is 0.260 e. The van der Waals surface area contributed by atoms with Crippen molar-refractivity contribution in [1.29, 1.82) is 0 Å². The van der Waals surface area contributed by atoms with Crippen LogP contribution >= 0.6 is 0 Å². The molecule has 4 heterocycles. The lowest BCUT2D eigenvalue weighted by Crippen LogP contribution is -2.50. The summed E-state index contributed by atoms with van der Waals surface area (Å²) in [6, 6.07) is 2.38. The average Bonchev–Trinajstić information content (AvgIpc) is 3.11. The highest BCUT2D eigenvalue weighted by Gasteiger charge is 2.44. The Bertz CT molecular complexity index is 1250. The van der Waals surface area contributed by atoms with Crippen molar-refractivity contribution in [3.05, 3.63) is 64.5 Å². The molecule has 0 N–H and O–H groups in total. The van der Waals surface area contributed by atoms with E-state index in [0.717, 1.165) is 36.4 Å². The molecule has 2 aliphatic rings. The second kappa shape index (κ2) is 7.86. The van der Waals surface area contributed by atoms with Crippen molar-refractivity contribution in [2.75, 3.05) is 7.11 Å². The van der Waals surface area contributed by atoms with E-state index >= 15 is 0 Å². The standard InChI is InChI=1S/C23H20F4N4O2/c1-30-21(11-6-16(25)19(27)17(26)7-11)14-9-13-4-3-5-18(20(14)29-30)31(13)23(32)15-8-12(24)10-28-22(15)33-2/h6-8,10,13,18H,3-5,9H2,1-2H3/t13-,18+/m1/s1. The number of aromatic nitrogens is 3. The zero-order chi connectivity index (χ0) is 23.4. The first-order valence-electron chi connectivity index (χ1n) is 10.5. The van der Waals surface area contributed by atoms with Gasteiger partial charge in [-0.15, -0.1) is 0 Å². The third-order valence-electron chi connectivity index (χ3n) is 6.41. The van der Waals surface area contributed by atoms with Gasteiger partial charge >= 0.3 is 0 Å². The fraction of sp³-hybridized carbons (Fsp3) is 0.348. The number of amides is 1. The van der Waals surface area contributed by atoms with Gasteiger partial charge in [0.15, 0.2) is 17.5 Å². The largest absolute Gasteiger partial charge is 0.480 e. The predicted octanol–water partition coefficient (Wildman–Crippen LogP) is 4.34. The van der Waals surface area contributed by atoms with Crippen LogP contribution in [0.3, 0.4) is 0 Å². The van der Waals surface area contributed by atoms with Gasteiger partial charge in [0.25, 0.3) is 5.91 Å². The summed E-state index contributed by atoms with van der Waals surface area (Å²) in [6.07, 6.45) is 3.57. The van der Waals surface area contributed by atoms with E-state index in [0.29, 0.717) is 30.7 Å². The summed E-state index contributed by atoms with van der Waals surface area (Å²) in [6.45, 7) is 0. The molecule has 0 radical (unpaired) electrons. The van der Waals surface area contributed by atoms with E-state index in [-0.39, 0.29) is 23.0 Å². The van der Waals surface area contributed by atoms with Gasteiger partial charge in [0.05, 0.1) is 30.7 Å². The van der Waals surface area contributed by atoms with E-state index in [4.69, 9.17) is 4.74 Å². The normalized spacial score (nSPS) is 19.4. The second-order valence-electron chi connectivity index (χ2n) is 8.32. The minimum Gasteiger partial charge on any atom is -0.480 e. The number of benzene rings is 1. The fourth-order valence-corrected chi connectivity index (χ4v) is 5.08. The highest BCUT2D eigenvalue weighted by atomic mass is 19.2. The molecule has 3 aromatic rings. The van der Waals surface area contributed by atoms with Crippen molar-refractivity contribution in [3.8, 4) is 17.1 Å². The number of carbonyl (C=O) groups excluding carboxylic acids is 1. The molecule has 2 atom stereocenters. The molecule has 5 rings (SSSR count). The van der Waals surface area contributed by atoms with Gasteiger partial charge in [-0.2, -0.15) is 5.10 Å². The molecule has 172 valence electrons. The van der Waals surface area contributed by atoms with E-state index < -0.39 is 35.2 Å². The lowest BCUT2D eigenvalue weighted by atomic mass is 9.81. The van der Waals surface area contributed by atoms with E-state index in [2.05, 4.69) is 10.1 Å². The van der Waals surface area contributed by atoms with Gasteiger partial charge in [-0.25, -0.2) is 22.5 Å². The summed E-state index contributed by atoms with van der Waals surface area (Å²) in [4.78, 5) is 19.1. The number of halogens is 4. The maximum atomic E-state index is 13.9. The predicted molar refractivity (Wildman–Crippen MR) is 110 cm³/mol. The Hall–Kier alpha value is -3.43. The molecule has 2 aliphatic heterocycles. The molecule has 2 bridgehead atoms. The molecule has 1 aromatic carbocycles. The van der Waals surface area contributed by atoms with Crippen LogP contribution in [0.25, 0.3) is 11.3 Å². The number of ether oxygens (including phenoxy) is 1. The Balaban J connectivity index is 1.60. The molecule has 0 unspecified atom stereocenters. The van der Waals surface area contributed by atoms with Crippen LogP contribution in [-0.4, -0.2) is 38.7 Å². The number of carbonyl (C=O) groups is 1. The van der Waals surface area contributed by atoms with Gasteiger partial charge < -0.3 is 9.64 Å². The molecule has 6 nitrogen and oxygen atoms in total. The molecule has 0 saturated carbocycles. The highest BCUT2D eigenvalue weighted by Crippen LogP contribution is 2.45. The van der Waals surface area contributed by atoms with Crippen LogP contribution in [-0.2, 0) is 13.5 Å². The van der Waals surface area contributed by atoms with E-state index in [1.165, 1.54) is 11.8 Å². The molecule has 10 heteroatoms. The summed E-state index contributed by atoms with van der Waals surface area (Å²) in [5.74, 6) is -5.12. The summed E-state index contributed by atoms with van der Waals surface area (Å²) < 4.78 is 62.0. The van der Waals surface area contributed by atoms with Crippen LogP contribution in [0.5, 0.6) is 5.88 Å². The van der Waals surface area contributed by atoms with Crippen molar-refractivity contribution in [2.24, 2.45) is 7.05 Å². The topological polar surface area (TPSA) is 60.2 Å². The van der Waals surface area contributed by atoms with Crippen LogP contribution in [0.1, 0.15) is 46.9 Å². The number of fused-ring (bicyclic) bond motifs is 4. The number of aryl methyl sites for hydroxylation is 1. The maximum absolute atomic E-state index is 13.9.